The van der Waals surface area contributed by atoms with Gasteiger partial charge in [-0.05, 0) is 49.2 Å². The summed E-state index contributed by atoms with van der Waals surface area (Å²) in [6.07, 6.45) is 1.86. The molecule has 2 amide bonds. The topological polar surface area (TPSA) is 70.7 Å². The number of nitrogens with one attached hydrogen (secondary N) is 2. The van der Waals surface area contributed by atoms with E-state index < -0.39 is 35.6 Å². The fourth-order valence-electron chi connectivity index (χ4n) is 3.45. The molecule has 6 nitrogen and oxygen atoms in total. The van der Waals surface area contributed by atoms with E-state index >= 15 is 0 Å². The first-order valence-corrected chi connectivity index (χ1v) is 9.47. The Bertz CT molecular complexity index is 922. The number of nitrogens with zero attached hydrogens (tertiary/aromatic N) is 1. The van der Waals surface area contributed by atoms with E-state index in [1.165, 1.54) is 0 Å². The Kier molecular flexibility index (Phi) is 6.94. The van der Waals surface area contributed by atoms with Gasteiger partial charge in [-0.1, -0.05) is 12.1 Å². The van der Waals surface area contributed by atoms with Crippen molar-refractivity contribution in [2.75, 3.05) is 32.1 Å². The maximum Gasteiger partial charge on any atom is 0.243 e. The largest absolute Gasteiger partial charge is 0.497 e. The van der Waals surface area contributed by atoms with E-state index in [0.29, 0.717) is 6.07 Å². The molecule has 1 unspecified atom stereocenters. The highest BCUT2D eigenvalue weighted by Crippen LogP contribution is 2.32. The lowest BCUT2D eigenvalue weighted by Crippen LogP contribution is -2.40. The van der Waals surface area contributed by atoms with Gasteiger partial charge in [0.2, 0.25) is 11.8 Å². The van der Waals surface area contributed by atoms with E-state index in [9.17, 15) is 22.8 Å². The van der Waals surface area contributed by atoms with Crippen molar-refractivity contribution in [1.29, 1.82) is 0 Å². The maximum absolute atomic E-state index is 13.6. The van der Waals surface area contributed by atoms with Gasteiger partial charge in [-0.2, -0.15) is 0 Å². The summed E-state index contributed by atoms with van der Waals surface area (Å²) in [6, 6.07) is 9.37. The minimum absolute atomic E-state index is 0.0896. The Labute approximate surface area is 172 Å². The minimum Gasteiger partial charge on any atom is -0.497 e. The third-order valence-corrected chi connectivity index (χ3v) is 4.97. The zero-order valence-electron chi connectivity index (χ0n) is 16.4. The molecule has 0 aromatic heterocycles. The molecule has 1 fully saturated rings. The van der Waals surface area contributed by atoms with Crippen LogP contribution in [0.3, 0.4) is 0 Å². The van der Waals surface area contributed by atoms with Gasteiger partial charge in [-0.15, -0.1) is 0 Å². The highest BCUT2D eigenvalue weighted by atomic mass is 19.2. The van der Waals surface area contributed by atoms with Crippen molar-refractivity contribution in [3.63, 3.8) is 0 Å². The van der Waals surface area contributed by atoms with Crippen LogP contribution in [-0.4, -0.2) is 43.5 Å². The van der Waals surface area contributed by atoms with E-state index in [1.807, 2.05) is 29.2 Å². The van der Waals surface area contributed by atoms with Gasteiger partial charge in [0.1, 0.15) is 5.75 Å². The van der Waals surface area contributed by atoms with Crippen LogP contribution in [0, 0.1) is 17.5 Å². The Morgan fingerprint density at radius 3 is 2.50 bits per heavy atom. The van der Waals surface area contributed by atoms with E-state index in [-0.39, 0.29) is 18.5 Å². The number of hydrogen-bond acceptors (Lipinski definition) is 4. The van der Waals surface area contributed by atoms with Gasteiger partial charge in [0, 0.05) is 6.04 Å². The van der Waals surface area contributed by atoms with Crippen molar-refractivity contribution < 1.29 is 27.5 Å². The van der Waals surface area contributed by atoms with Crippen molar-refractivity contribution in [3.05, 3.63) is 59.4 Å². The molecular weight excluding hydrogens is 399 g/mol. The number of anilines is 1. The number of methoxy groups -OCH3 is 1. The quantitative estimate of drug-likeness (QED) is 0.675. The number of amides is 2. The van der Waals surface area contributed by atoms with Gasteiger partial charge in [0.05, 0.1) is 25.9 Å². The summed E-state index contributed by atoms with van der Waals surface area (Å²) in [5.74, 6) is -4.87. The first-order valence-electron chi connectivity index (χ1n) is 9.47. The van der Waals surface area contributed by atoms with Gasteiger partial charge < -0.3 is 15.4 Å². The second-order valence-electron chi connectivity index (χ2n) is 6.95. The smallest absolute Gasteiger partial charge is 0.243 e. The normalized spacial score (nSPS) is 16.3. The number of likely N-dealkylation sites (tertiary alicyclic amines) is 1. The number of hydrogen-bond donors (Lipinski definition) is 2. The van der Waals surface area contributed by atoms with Crippen molar-refractivity contribution >= 4 is 17.5 Å². The van der Waals surface area contributed by atoms with Crippen LogP contribution in [0.1, 0.15) is 24.4 Å². The molecule has 1 aliphatic heterocycles. The zero-order valence-corrected chi connectivity index (χ0v) is 16.4. The maximum atomic E-state index is 13.6. The second-order valence-corrected chi connectivity index (χ2v) is 6.95. The summed E-state index contributed by atoms with van der Waals surface area (Å²) < 4.78 is 44.9. The Hall–Kier alpha value is -3.07. The molecule has 0 bridgehead atoms. The third-order valence-electron chi connectivity index (χ3n) is 4.97. The van der Waals surface area contributed by atoms with Crippen LogP contribution in [0.15, 0.2) is 36.4 Å². The fourth-order valence-corrected chi connectivity index (χ4v) is 3.45. The molecule has 160 valence electrons. The minimum atomic E-state index is -1.67. The van der Waals surface area contributed by atoms with Crippen molar-refractivity contribution in [2.45, 2.75) is 18.9 Å². The molecule has 3 rings (SSSR count). The standard InChI is InChI=1S/C21H22F3N3O3/c1-30-14-6-4-13(5-7-14)17-3-2-10-27(17)12-19(29)25-11-18(28)26-16-9-8-15(22)20(23)21(16)24/h4-9,17H,2-3,10-12H2,1H3,(H,25,29)(H,26,28). The molecule has 1 heterocycles. The Morgan fingerprint density at radius 2 is 1.80 bits per heavy atom. The Morgan fingerprint density at radius 1 is 1.07 bits per heavy atom. The predicted octanol–water partition coefficient (Wildman–Crippen LogP) is 3.00. The van der Waals surface area contributed by atoms with E-state index in [4.69, 9.17) is 4.74 Å². The zero-order chi connectivity index (χ0) is 21.7. The van der Waals surface area contributed by atoms with E-state index in [1.54, 1.807) is 7.11 Å². The lowest BCUT2D eigenvalue weighted by Gasteiger charge is -2.24. The molecule has 2 aromatic carbocycles. The molecule has 1 atom stereocenters. The number of rotatable bonds is 7. The summed E-state index contributed by atoms with van der Waals surface area (Å²) in [7, 11) is 1.60. The van der Waals surface area contributed by atoms with Crippen LogP contribution < -0.4 is 15.4 Å². The molecule has 0 aliphatic carbocycles. The molecule has 30 heavy (non-hydrogen) atoms. The lowest BCUT2D eigenvalue weighted by atomic mass is 10.0. The summed E-state index contributed by atoms with van der Waals surface area (Å²) in [5, 5.41) is 4.57. The first-order chi connectivity index (χ1) is 14.4. The number of benzene rings is 2. The SMILES string of the molecule is COc1ccc(C2CCCN2CC(=O)NCC(=O)Nc2ccc(F)c(F)c2F)cc1. The molecular formula is C21H22F3N3O3. The average molecular weight is 421 g/mol. The van der Waals surface area contributed by atoms with Crippen LogP contribution in [0.4, 0.5) is 18.9 Å². The van der Waals surface area contributed by atoms with Crippen molar-refractivity contribution in [3.8, 4) is 5.75 Å². The van der Waals surface area contributed by atoms with Crippen molar-refractivity contribution in [1.82, 2.24) is 10.2 Å². The van der Waals surface area contributed by atoms with Crippen LogP contribution in [0.2, 0.25) is 0 Å². The molecule has 2 aromatic rings. The van der Waals surface area contributed by atoms with Gasteiger partial charge in [-0.3, -0.25) is 14.5 Å². The number of halogens is 3. The summed E-state index contributed by atoms with van der Waals surface area (Å²) in [4.78, 5) is 26.2. The third kappa shape index (κ3) is 5.10. The van der Waals surface area contributed by atoms with Crippen LogP contribution in [-0.2, 0) is 9.59 Å². The van der Waals surface area contributed by atoms with Crippen LogP contribution >= 0.6 is 0 Å². The summed E-state index contributed by atoms with van der Waals surface area (Å²) in [6.45, 7) is 0.429. The van der Waals surface area contributed by atoms with Gasteiger partial charge >= 0.3 is 0 Å². The lowest BCUT2D eigenvalue weighted by molar-refractivity contribution is -0.125. The molecule has 0 radical (unpaired) electrons. The monoisotopic (exact) mass is 421 g/mol. The molecule has 1 saturated heterocycles. The van der Waals surface area contributed by atoms with Crippen LogP contribution in [0.5, 0.6) is 5.75 Å². The first kappa shape index (κ1) is 21.6. The Balaban J connectivity index is 1.51. The fraction of sp³-hybridized carbons (Fsp3) is 0.333. The number of ether oxygens (including phenoxy) is 1. The van der Waals surface area contributed by atoms with E-state index in [2.05, 4.69) is 10.6 Å². The molecule has 1 aliphatic rings. The number of carbonyl (C=O) groups excluding carboxylic acids is 2. The molecule has 0 saturated carbocycles. The average Bonchev–Trinajstić information content (AvgIpc) is 3.20. The van der Waals surface area contributed by atoms with Gasteiger partial charge in [-0.25, -0.2) is 13.2 Å². The predicted molar refractivity (Wildman–Crippen MR) is 104 cm³/mol. The highest BCUT2D eigenvalue weighted by Gasteiger charge is 2.27. The molecule has 2 N–H and O–H groups in total. The summed E-state index contributed by atoms with van der Waals surface area (Å²) in [5.41, 5.74) is 0.583. The van der Waals surface area contributed by atoms with Gasteiger partial charge in [0.25, 0.3) is 0 Å². The number of carbonyl (C=O) groups is 2. The summed E-state index contributed by atoms with van der Waals surface area (Å²) >= 11 is 0. The van der Waals surface area contributed by atoms with Crippen molar-refractivity contribution in [2.24, 2.45) is 0 Å². The molecule has 9 heteroatoms. The van der Waals surface area contributed by atoms with E-state index in [0.717, 1.165) is 36.8 Å². The molecule has 0 spiro atoms. The highest BCUT2D eigenvalue weighted by molar-refractivity contribution is 5.94. The second kappa shape index (κ2) is 9.62. The van der Waals surface area contributed by atoms with Crippen LogP contribution in [0.25, 0.3) is 0 Å². The van der Waals surface area contributed by atoms with Gasteiger partial charge in [0.15, 0.2) is 17.5 Å².